The van der Waals surface area contributed by atoms with Gasteiger partial charge in [0.1, 0.15) is 5.52 Å². The molecule has 1 nitrogen and oxygen atoms in total. The van der Waals surface area contributed by atoms with Crippen LogP contribution >= 0.6 is 57.1 Å². The summed E-state index contributed by atoms with van der Waals surface area (Å²) in [6, 6.07) is 3.59. The summed E-state index contributed by atoms with van der Waals surface area (Å²) in [4.78, 5) is 4.27. The Hall–Kier alpha value is 0.420. The van der Waals surface area contributed by atoms with Gasteiger partial charge in [-0.1, -0.05) is 23.2 Å². The SMILES string of the molecule is Clc1cc(Cl)c2nc(I)sc2c1. The van der Waals surface area contributed by atoms with E-state index in [1.54, 1.807) is 17.4 Å². The van der Waals surface area contributed by atoms with E-state index in [-0.39, 0.29) is 0 Å². The summed E-state index contributed by atoms with van der Waals surface area (Å²) in [5.41, 5.74) is 0.843. The standard InChI is InChI=1S/C7H2Cl2INS/c8-3-1-4(9)6-5(2-3)12-7(10)11-6/h1-2H. The molecule has 0 fully saturated rings. The van der Waals surface area contributed by atoms with E-state index in [1.807, 2.05) is 6.07 Å². The zero-order chi connectivity index (χ0) is 8.72. The first-order valence-electron chi connectivity index (χ1n) is 3.08. The third-order valence-corrected chi connectivity index (χ3v) is 3.59. The number of thiazole rings is 1. The van der Waals surface area contributed by atoms with Crippen molar-refractivity contribution in [2.45, 2.75) is 0 Å². The third-order valence-electron chi connectivity index (χ3n) is 1.39. The summed E-state index contributed by atoms with van der Waals surface area (Å²) in [6.07, 6.45) is 0. The first kappa shape index (κ1) is 8.99. The number of aromatic nitrogens is 1. The van der Waals surface area contributed by atoms with Crippen molar-refractivity contribution in [3.8, 4) is 0 Å². The molecule has 0 spiro atoms. The summed E-state index contributed by atoms with van der Waals surface area (Å²) in [6.45, 7) is 0. The van der Waals surface area contributed by atoms with Crippen LogP contribution in [0.1, 0.15) is 0 Å². The molecule has 12 heavy (non-hydrogen) atoms. The second-order valence-corrected chi connectivity index (χ2v) is 5.83. The normalized spacial score (nSPS) is 10.9. The Morgan fingerprint density at radius 2 is 2.08 bits per heavy atom. The van der Waals surface area contributed by atoms with Crippen molar-refractivity contribution in [1.29, 1.82) is 0 Å². The van der Waals surface area contributed by atoms with Crippen molar-refractivity contribution in [1.82, 2.24) is 4.98 Å². The summed E-state index contributed by atoms with van der Waals surface area (Å²) in [5, 5.41) is 1.28. The lowest BCUT2D eigenvalue weighted by Crippen LogP contribution is -1.71. The molecule has 0 bridgehead atoms. The van der Waals surface area contributed by atoms with Gasteiger partial charge in [-0.05, 0) is 34.7 Å². The fraction of sp³-hybridized carbons (Fsp3) is 0. The maximum Gasteiger partial charge on any atom is 0.155 e. The molecule has 0 aliphatic carbocycles. The van der Waals surface area contributed by atoms with Crippen LogP contribution in [0.4, 0.5) is 0 Å². The average Bonchev–Trinajstić information content (AvgIpc) is 2.29. The molecule has 0 unspecified atom stereocenters. The summed E-state index contributed by atoms with van der Waals surface area (Å²) in [5.74, 6) is 0. The molecule has 0 saturated carbocycles. The lowest BCUT2D eigenvalue weighted by molar-refractivity contribution is 1.45. The van der Waals surface area contributed by atoms with Crippen LogP contribution in [0.2, 0.25) is 10.0 Å². The molecule has 1 aromatic heterocycles. The Labute approximate surface area is 96.8 Å². The average molecular weight is 330 g/mol. The molecule has 2 aromatic rings. The van der Waals surface area contributed by atoms with Crippen LogP contribution in [0.3, 0.4) is 0 Å². The third kappa shape index (κ3) is 1.55. The minimum absolute atomic E-state index is 0.622. The molecule has 0 N–H and O–H groups in total. The highest BCUT2D eigenvalue weighted by Gasteiger charge is 2.06. The van der Waals surface area contributed by atoms with Crippen LogP contribution < -0.4 is 0 Å². The van der Waals surface area contributed by atoms with E-state index in [0.717, 1.165) is 13.2 Å². The second kappa shape index (κ2) is 3.29. The van der Waals surface area contributed by atoms with Gasteiger partial charge >= 0.3 is 0 Å². The number of fused-ring (bicyclic) bond motifs is 1. The highest BCUT2D eigenvalue weighted by atomic mass is 127. The fourth-order valence-electron chi connectivity index (χ4n) is 0.930. The number of hydrogen-bond acceptors (Lipinski definition) is 2. The molecule has 5 heteroatoms. The van der Waals surface area contributed by atoms with Gasteiger partial charge < -0.3 is 0 Å². The topological polar surface area (TPSA) is 12.9 Å². The Bertz CT molecular complexity index is 440. The number of hydrogen-bond donors (Lipinski definition) is 0. The monoisotopic (exact) mass is 329 g/mol. The van der Waals surface area contributed by atoms with Crippen molar-refractivity contribution in [3.63, 3.8) is 0 Å². The maximum atomic E-state index is 5.93. The van der Waals surface area contributed by atoms with Gasteiger partial charge in [0.25, 0.3) is 0 Å². The Morgan fingerprint density at radius 3 is 2.83 bits per heavy atom. The Kier molecular flexibility index (Phi) is 2.46. The molecule has 1 heterocycles. The molecule has 62 valence electrons. The largest absolute Gasteiger partial charge is 0.228 e. The van der Waals surface area contributed by atoms with Gasteiger partial charge in [0.15, 0.2) is 3.01 Å². The second-order valence-electron chi connectivity index (χ2n) is 2.20. The van der Waals surface area contributed by atoms with E-state index in [9.17, 15) is 0 Å². The van der Waals surface area contributed by atoms with Crippen LogP contribution in [-0.4, -0.2) is 4.98 Å². The zero-order valence-corrected chi connectivity index (χ0v) is 10.1. The van der Waals surface area contributed by atoms with Crippen LogP contribution in [-0.2, 0) is 0 Å². The van der Waals surface area contributed by atoms with Crippen LogP contribution in [0.25, 0.3) is 10.2 Å². The summed E-state index contributed by atoms with van der Waals surface area (Å²) < 4.78 is 2.02. The molecule has 1 aromatic carbocycles. The maximum absolute atomic E-state index is 5.93. The van der Waals surface area contributed by atoms with Crippen molar-refractivity contribution in [2.24, 2.45) is 0 Å². The quantitative estimate of drug-likeness (QED) is 0.660. The van der Waals surface area contributed by atoms with E-state index < -0.39 is 0 Å². The zero-order valence-electron chi connectivity index (χ0n) is 5.64. The van der Waals surface area contributed by atoms with Gasteiger partial charge in [0.2, 0.25) is 0 Å². The molecular formula is C7H2Cl2INS. The molecule has 0 radical (unpaired) electrons. The van der Waals surface area contributed by atoms with Crippen LogP contribution in [0.15, 0.2) is 12.1 Å². The van der Waals surface area contributed by atoms with Crippen molar-refractivity contribution < 1.29 is 0 Å². The molecule has 0 aliphatic heterocycles. The van der Waals surface area contributed by atoms with Gasteiger partial charge in [-0.2, -0.15) is 0 Å². The minimum Gasteiger partial charge on any atom is -0.228 e. The van der Waals surface area contributed by atoms with Gasteiger partial charge in [-0.15, -0.1) is 11.3 Å². The van der Waals surface area contributed by atoms with E-state index in [2.05, 4.69) is 27.6 Å². The fourth-order valence-corrected chi connectivity index (χ4v) is 3.30. The van der Waals surface area contributed by atoms with Gasteiger partial charge in [-0.25, -0.2) is 4.98 Å². The van der Waals surface area contributed by atoms with Crippen molar-refractivity contribution >= 4 is 67.3 Å². The predicted octanol–water partition coefficient (Wildman–Crippen LogP) is 4.21. The summed E-state index contributed by atoms with van der Waals surface area (Å²) in [7, 11) is 0. The first-order valence-corrected chi connectivity index (χ1v) is 5.73. The van der Waals surface area contributed by atoms with Crippen molar-refractivity contribution in [2.75, 3.05) is 0 Å². The Morgan fingerprint density at radius 1 is 1.33 bits per heavy atom. The summed E-state index contributed by atoms with van der Waals surface area (Å²) >= 11 is 15.5. The molecule has 2 rings (SSSR count). The number of rotatable bonds is 0. The molecule has 0 amide bonds. The van der Waals surface area contributed by atoms with Gasteiger partial charge in [0, 0.05) is 5.02 Å². The van der Waals surface area contributed by atoms with Gasteiger partial charge in [0.05, 0.1) is 9.72 Å². The van der Waals surface area contributed by atoms with Gasteiger partial charge in [-0.3, -0.25) is 0 Å². The van der Waals surface area contributed by atoms with Crippen LogP contribution in [0.5, 0.6) is 0 Å². The highest BCUT2D eigenvalue weighted by molar-refractivity contribution is 14.1. The molecule has 0 saturated heterocycles. The lowest BCUT2D eigenvalue weighted by Gasteiger charge is -1.92. The molecular weight excluding hydrogens is 328 g/mol. The first-order chi connectivity index (χ1) is 5.66. The number of halogens is 3. The smallest absolute Gasteiger partial charge is 0.155 e. The van der Waals surface area contributed by atoms with E-state index in [0.29, 0.717) is 10.0 Å². The minimum atomic E-state index is 0.622. The highest BCUT2D eigenvalue weighted by Crippen LogP contribution is 2.31. The van der Waals surface area contributed by atoms with E-state index >= 15 is 0 Å². The Balaban J connectivity index is 2.88. The lowest BCUT2D eigenvalue weighted by atomic mass is 10.3. The predicted molar refractivity (Wildman–Crippen MR) is 62.4 cm³/mol. The number of benzene rings is 1. The van der Waals surface area contributed by atoms with E-state index in [1.165, 1.54) is 0 Å². The number of nitrogens with zero attached hydrogens (tertiary/aromatic N) is 1. The molecule has 0 atom stereocenters. The van der Waals surface area contributed by atoms with Crippen LogP contribution in [0, 0.1) is 3.01 Å². The molecule has 0 aliphatic rings. The van der Waals surface area contributed by atoms with Crippen molar-refractivity contribution in [3.05, 3.63) is 25.2 Å². The van der Waals surface area contributed by atoms with E-state index in [4.69, 9.17) is 23.2 Å².